The van der Waals surface area contributed by atoms with Crippen molar-refractivity contribution in [1.82, 2.24) is 0 Å². The maximum atomic E-state index is 10.9. The molecular weight excluding hydrogens is 274 g/mol. The standard InChI is InChI=1S/C19H23NO2/c1-2-3-4-7-15-10-12-17(13-11-15)20-18-9-6-5-8-16(18)14-19(21)22/h5-6,8-13,20H,2-4,7,14H2,1H3,(H,21,22). The summed E-state index contributed by atoms with van der Waals surface area (Å²) >= 11 is 0. The molecule has 3 heteroatoms. The molecule has 116 valence electrons. The molecule has 0 amide bonds. The molecule has 0 aliphatic heterocycles. The van der Waals surface area contributed by atoms with Crippen molar-refractivity contribution in [1.29, 1.82) is 0 Å². The Bertz CT molecular complexity index is 605. The highest BCUT2D eigenvalue weighted by atomic mass is 16.4. The number of hydrogen-bond acceptors (Lipinski definition) is 2. The van der Waals surface area contributed by atoms with Crippen molar-refractivity contribution in [2.45, 2.75) is 39.0 Å². The molecule has 2 rings (SSSR count). The Morgan fingerprint density at radius 1 is 1.05 bits per heavy atom. The summed E-state index contributed by atoms with van der Waals surface area (Å²) < 4.78 is 0. The number of aryl methyl sites for hydroxylation is 1. The molecule has 2 aromatic rings. The van der Waals surface area contributed by atoms with Crippen LogP contribution in [0, 0.1) is 0 Å². The molecule has 0 spiro atoms. The first kappa shape index (κ1) is 16.1. The highest BCUT2D eigenvalue weighted by Gasteiger charge is 2.06. The third kappa shape index (κ3) is 4.92. The van der Waals surface area contributed by atoms with Gasteiger partial charge in [0.1, 0.15) is 0 Å². The van der Waals surface area contributed by atoms with Crippen LogP contribution in [-0.4, -0.2) is 11.1 Å². The van der Waals surface area contributed by atoms with Gasteiger partial charge in [0.25, 0.3) is 0 Å². The van der Waals surface area contributed by atoms with Crippen LogP contribution in [0.1, 0.15) is 37.3 Å². The number of carbonyl (C=O) groups is 1. The van der Waals surface area contributed by atoms with Gasteiger partial charge in [0.2, 0.25) is 0 Å². The number of rotatable bonds is 8. The van der Waals surface area contributed by atoms with E-state index in [0.29, 0.717) is 0 Å². The molecule has 0 aliphatic carbocycles. The van der Waals surface area contributed by atoms with Crippen LogP contribution in [-0.2, 0) is 17.6 Å². The lowest BCUT2D eigenvalue weighted by atomic mass is 10.1. The normalized spacial score (nSPS) is 10.4. The van der Waals surface area contributed by atoms with E-state index in [1.54, 1.807) is 0 Å². The van der Waals surface area contributed by atoms with Crippen molar-refractivity contribution in [3.63, 3.8) is 0 Å². The summed E-state index contributed by atoms with van der Waals surface area (Å²) in [7, 11) is 0. The molecule has 0 aliphatic rings. The van der Waals surface area contributed by atoms with E-state index in [9.17, 15) is 4.79 Å². The van der Waals surface area contributed by atoms with Crippen LogP contribution < -0.4 is 5.32 Å². The Balaban J connectivity index is 2.03. The van der Waals surface area contributed by atoms with Gasteiger partial charge in [0.15, 0.2) is 0 Å². The van der Waals surface area contributed by atoms with Crippen LogP contribution in [0.4, 0.5) is 11.4 Å². The first-order valence-corrected chi connectivity index (χ1v) is 7.84. The van der Waals surface area contributed by atoms with Crippen molar-refractivity contribution in [3.8, 4) is 0 Å². The summed E-state index contributed by atoms with van der Waals surface area (Å²) in [4.78, 5) is 10.9. The largest absolute Gasteiger partial charge is 0.481 e. The van der Waals surface area contributed by atoms with Crippen molar-refractivity contribution >= 4 is 17.3 Å². The molecule has 0 atom stereocenters. The quantitative estimate of drug-likeness (QED) is 0.689. The van der Waals surface area contributed by atoms with Gasteiger partial charge in [-0.05, 0) is 42.2 Å². The van der Waals surface area contributed by atoms with Gasteiger partial charge in [-0.15, -0.1) is 0 Å². The topological polar surface area (TPSA) is 49.3 Å². The first-order chi connectivity index (χ1) is 10.7. The highest BCUT2D eigenvalue weighted by molar-refractivity contribution is 5.75. The molecule has 0 saturated heterocycles. The van der Waals surface area contributed by atoms with Gasteiger partial charge in [-0.2, -0.15) is 0 Å². The molecule has 0 unspecified atom stereocenters. The fourth-order valence-corrected chi connectivity index (χ4v) is 2.45. The zero-order chi connectivity index (χ0) is 15.8. The zero-order valence-electron chi connectivity index (χ0n) is 13.0. The number of aliphatic carboxylic acids is 1. The van der Waals surface area contributed by atoms with Gasteiger partial charge < -0.3 is 10.4 Å². The van der Waals surface area contributed by atoms with Gasteiger partial charge >= 0.3 is 5.97 Å². The molecule has 2 N–H and O–H groups in total. The summed E-state index contributed by atoms with van der Waals surface area (Å²) in [6.07, 6.45) is 4.87. The summed E-state index contributed by atoms with van der Waals surface area (Å²) in [5.74, 6) is -0.819. The smallest absolute Gasteiger partial charge is 0.307 e. The monoisotopic (exact) mass is 297 g/mol. The Morgan fingerprint density at radius 3 is 2.45 bits per heavy atom. The van der Waals surface area contributed by atoms with Crippen molar-refractivity contribution in [2.75, 3.05) is 5.32 Å². The van der Waals surface area contributed by atoms with E-state index < -0.39 is 5.97 Å². The van der Waals surface area contributed by atoms with Crippen LogP contribution in [0.2, 0.25) is 0 Å². The average molecular weight is 297 g/mol. The molecule has 2 aromatic carbocycles. The second kappa shape index (κ2) is 8.23. The Kier molecular flexibility index (Phi) is 6.01. The van der Waals surface area contributed by atoms with Gasteiger partial charge in [-0.25, -0.2) is 0 Å². The number of nitrogens with one attached hydrogen (secondary N) is 1. The molecule has 0 fully saturated rings. The van der Waals surface area contributed by atoms with E-state index >= 15 is 0 Å². The van der Waals surface area contributed by atoms with E-state index in [4.69, 9.17) is 5.11 Å². The SMILES string of the molecule is CCCCCc1ccc(Nc2ccccc2CC(=O)O)cc1. The minimum absolute atomic E-state index is 0.0261. The van der Waals surface area contributed by atoms with Crippen molar-refractivity contribution < 1.29 is 9.90 Å². The fourth-order valence-electron chi connectivity index (χ4n) is 2.45. The van der Waals surface area contributed by atoms with Crippen molar-refractivity contribution in [2.24, 2.45) is 0 Å². The summed E-state index contributed by atoms with van der Waals surface area (Å²) in [6.45, 7) is 2.21. The summed E-state index contributed by atoms with van der Waals surface area (Å²) in [6, 6.07) is 15.9. The number of unbranched alkanes of at least 4 members (excludes halogenated alkanes) is 2. The second-order valence-corrected chi connectivity index (χ2v) is 5.51. The summed E-state index contributed by atoms with van der Waals surface area (Å²) in [5.41, 5.74) is 3.97. The third-order valence-corrected chi connectivity index (χ3v) is 3.66. The Hall–Kier alpha value is -2.29. The van der Waals surface area contributed by atoms with E-state index in [-0.39, 0.29) is 6.42 Å². The molecule has 3 nitrogen and oxygen atoms in total. The zero-order valence-corrected chi connectivity index (χ0v) is 13.0. The van der Waals surface area contributed by atoms with Gasteiger partial charge in [-0.3, -0.25) is 4.79 Å². The fraction of sp³-hybridized carbons (Fsp3) is 0.316. The van der Waals surface area contributed by atoms with Gasteiger partial charge in [0, 0.05) is 11.4 Å². The van der Waals surface area contributed by atoms with Crippen LogP contribution in [0.3, 0.4) is 0 Å². The van der Waals surface area contributed by atoms with E-state index in [2.05, 4.69) is 36.5 Å². The van der Waals surface area contributed by atoms with Crippen molar-refractivity contribution in [3.05, 3.63) is 59.7 Å². The van der Waals surface area contributed by atoms with Gasteiger partial charge in [-0.1, -0.05) is 50.1 Å². The van der Waals surface area contributed by atoms with E-state index in [1.165, 1.54) is 24.8 Å². The first-order valence-electron chi connectivity index (χ1n) is 7.84. The molecule has 0 radical (unpaired) electrons. The number of carboxylic acid groups (broad SMARTS) is 1. The predicted octanol–water partition coefficient (Wildman–Crippen LogP) is 4.79. The maximum Gasteiger partial charge on any atom is 0.307 e. The molecule has 22 heavy (non-hydrogen) atoms. The number of benzene rings is 2. The van der Waals surface area contributed by atoms with Crippen LogP contribution in [0.25, 0.3) is 0 Å². The highest BCUT2D eigenvalue weighted by Crippen LogP contribution is 2.22. The Morgan fingerprint density at radius 2 is 1.77 bits per heavy atom. The number of carboxylic acids is 1. The average Bonchev–Trinajstić information content (AvgIpc) is 2.51. The van der Waals surface area contributed by atoms with Crippen LogP contribution in [0.5, 0.6) is 0 Å². The minimum atomic E-state index is -0.819. The lowest BCUT2D eigenvalue weighted by molar-refractivity contribution is -0.136. The Labute approximate surface area is 132 Å². The molecule has 0 saturated carbocycles. The minimum Gasteiger partial charge on any atom is -0.481 e. The second-order valence-electron chi connectivity index (χ2n) is 5.51. The maximum absolute atomic E-state index is 10.9. The lowest BCUT2D eigenvalue weighted by Crippen LogP contribution is -2.03. The number of hydrogen-bond donors (Lipinski definition) is 2. The molecular formula is C19H23NO2. The molecule has 0 heterocycles. The number of para-hydroxylation sites is 1. The van der Waals surface area contributed by atoms with Crippen LogP contribution >= 0.6 is 0 Å². The van der Waals surface area contributed by atoms with Gasteiger partial charge in [0.05, 0.1) is 6.42 Å². The number of anilines is 2. The van der Waals surface area contributed by atoms with E-state index in [1.807, 2.05) is 24.3 Å². The lowest BCUT2D eigenvalue weighted by Gasteiger charge is -2.11. The predicted molar refractivity (Wildman–Crippen MR) is 90.7 cm³/mol. The molecule has 0 bridgehead atoms. The molecule has 0 aromatic heterocycles. The van der Waals surface area contributed by atoms with Crippen LogP contribution in [0.15, 0.2) is 48.5 Å². The summed E-state index contributed by atoms with van der Waals surface area (Å²) in [5, 5.41) is 12.3. The van der Waals surface area contributed by atoms with E-state index in [0.717, 1.165) is 23.4 Å². The third-order valence-electron chi connectivity index (χ3n) is 3.66.